The van der Waals surface area contributed by atoms with Gasteiger partial charge in [-0.25, -0.2) is 12.8 Å². The molecule has 0 unspecified atom stereocenters. The highest BCUT2D eigenvalue weighted by molar-refractivity contribution is 7.92. The van der Waals surface area contributed by atoms with Crippen molar-refractivity contribution in [1.29, 1.82) is 0 Å². The summed E-state index contributed by atoms with van der Waals surface area (Å²) in [6.45, 7) is 1.54. The fourth-order valence-electron chi connectivity index (χ4n) is 3.54. The second-order valence-corrected chi connectivity index (χ2v) is 9.22. The van der Waals surface area contributed by atoms with Crippen molar-refractivity contribution in [1.82, 2.24) is 9.88 Å². The molecule has 32 heavy (non-hydrogen) atoms. The van der Waals surface area contributed by atoms with Crippen LogP contribution in [0.5, 0.6) is 0 Å². The van der Waals surface area contributed by atoms with Crippen molar-refractivity contribution in [2.45, 2.75) is 30.6 Å². The van der Waals surface area contributed by atoms with E-state index in [0.717, 1.165) is 23.4 Å². The first-order valence-corrected chi connectivity index (χ1v) is 11.2. The fourth-order valence-corrected chi connectivity index (χ4v) is 4.65. The quantitative estimate of drug-likeness (QED) is 0.560. The zero-order chi connectivity index (χ0) is 22.9. The van der Waals surface area contributed by atoms with Gasteiger partial charge in [0.1, 0.15) is 5.82 Å². The maximum atomic E-state index is 13.0. The monoisotopic (exact) mass is 465 g/mol. The van der Waals surface area contributed by atoms with E-state index >= 15 is 0 Å². The average Bonchev–Trinajstić information content (AvgIpc) is 2.74. The third-order valence-electron chi connectivity index (χ3n) is 5.21. The Balaban J connectivity index is 1.44. The molecule has 4 rings (SSSR count). The maximum absolute atomic E-state index is 13.0. The van der Waals surface area contributed by atoms with Crippen LogP contribution in [0.15, 0.2) is 65.7 Å². The molecular weight excluding hydrogens is 446 g/mol. The molecule has 0 atom stereocenters. The summed E-state index contributed by atoms with van der Waals surface area (Å²) in [7, 11) is -3.83. The molecule has 1 N–H and O–H groups in total. The summed E-state index contributed by atoms with van der Waals surface area (Å²) < 4.78 is 78.9. The number of rotatable bonds is 5. The van der Waals surface area contributed by atoms with Gasteiger partial charge in [0, 0.05) is 31.5 Å². The second-order valence-electron chi connectivity index (χ2n) is 7.54. The molecule has 1 aromatic heterocycles. The van der Waals surface area contributed by atoms with Crippen LogP contribution in [0.3, 0.4) is 0 Å². The zero-order valence-electron chi connectivity index (χ0n) is 16.7. The molecule has 5 nitrogen and oxygen atoms in total. The van der Waals surface area contributed by atoms with Crippen LogP contribution in [-0.4, -0.2) is 24.8 Å². The lowest BCUT2D eigenvalue weighted by molar-refractivity contribution is -0.137. The minimum absolute atomic E-state index is 0.110. The number of hydrogen-bond acceptors (Lipinski definition) is 4. The molecule has 1 aliphatic heterocycles. The van der Waals surface area contributed by atoms with Gasteiger partial charge in [0.25, 0.3) is 10.0 Å². The van der Waals surface area contributed by atoms with Crippen molar-refractivity contribution in [2.75, 3.05) is 11.3 Å². The SMILES string of the molecule is O=S(=O)(Nc1ccc(F)cc1)c1ccc2c(c1)CCN(Cc1ccc(C(F)(F)F)cn1)C2. The van der Waals surface area contributed by atoms with Gasteiger partial charge >= 0.3 is 6.18 Å². The fraction of sp³-hybridized carbons (Fsp3) is 0.227. The second kappa shape index (κ2) is 8.51. The standard InChI is InChI=1S/C22H19F4N3O2S/c23-18-3-6-19(7-4-18)28-32(30,31)21-8-1-16-13-29(10-9-15(16)11-21)14-20-5-2-17(12-27-20)22(24,25)26/h1-8,11-12,28H,9-10,13-14H2. The molecule has 1 aliphatic rings. The maximum Gasteiger partial charge on any atom is 0.417 e. The molecule has 0 aliphatic carbocycles. The first-order valence-electron chi connectivity index (χ1n) is 9.75. The van der Waals surface area contributed by atoms with Gasteiger partial charge < -0.3 is 0 Å². The largest absolute Gasteiger partial charge is 0.417 e. The highest BCUT2D eigenvalue weighted by atomic mass is 32.2. The Labute approximate surface area is 182 Å². The van der Waals surface area contributed by atoms with Crippen molar-refractivity contribution in [3.63, 3.8) is 0 Å². The first kappa shape index (κ1) is 22.2. The van der Waals surface area contributed by atoms with Gasteiger partial charge in [-0.2, -0.15) is 13.2 Å². The third kappa shape index (κ3) is 5.08. The number of fused-ring (bicyclic) bond motifs is 1. The molecule has 0 amide bonds. The summed E-state index contributed by atoms with van der Waals surface area (Å²) in [6.07, 6.45) is -2.99. The molecule has 0 bridgehead atoms. The predicted molar refractivity (Wildman–Crippen MR) is 111 cm³/mol. The number of alkyl halides is 3. The van der Waals surface area contributed by atoms with E-state index in [4.69, 9.17) is 0 Å². The summed E-state index contributed by atoms with van der Waals surface area (Å²) in [5.41, 5.74) is 1.85. The van der Waals surface area contributed by atoms with Crippen LogP contribution in [0.25, 0.3) is 0 Å². The van der Waals surface area contributed by atoms with Gasteiger partial charge in [-0.15, -0.1) is 0 Å². The van der Waals surface area contributed by atoms with E-state index in [0.29, 0.717) is 31.7 Å². The van der Waals surface area contributed by atoms with Gasteiger partial charge in [-0.1, -0.05) is 6.07 Å². The molecule has 0 fully saturated rings. The normalized spacial score (nSPS) is 14.8. The summed E-state index contributed by atoms with van der Waals surface area (Å²) in [5.74, 6) is -0.460. The molecule has 0 radical (unpaired) electrons. The van der Waals surface area contributed by atoms with Crippen LogP contribution >= 0.6 is 0 Å². The van der Waals surface area contributed by atoms with Crippen LogP contribution in [-0.2, 0) is 35.7 Å². The lowest BCUT2D eigenvalue weighted by Gasteiger charge is -2.28. The van der Waals surface area contributed by atoms with Crippen LogP contribution in [0.4, 0.5) is 23.2 Å². The summed E-state index contributed by atoms with van der Waals surface area (Å²) in [4.78, 5) is 6.07. The molecule has 0 saturated carbocycles. The Morgan fingerprint density at radius 1 is 1.00 bits per heavy atom. The smallest absolute Gasteiger partial charge is 0.293 e. The first-order chi connectivity index (χ1) is 15.1. The number of halogens is 4. The van der Waals surface area contributed by atoms with E-state index in [1.807, 2.05) is 4.90 Å². The molecule has 3 aromatic rings. The van der Waals surface area contributed by atoms with E-state index in [9.17, 15) is 26.0 Å². The Morgan fingerprint density at radius 2 is 1.75 bits per heavy atom. The van der Waals surface area contributed by atoms with Crippen LogP contribution in [0.1, 0.15) is 22.4 Å². The van der Waals surface area contributed by atoms with Crippen molar-refractivity contribution < 1.29 is 26.0 Å². The highest BCUT2D eigenvalue weighted by Gasteiger charge is 2.30. The predicted octanol–water partition coefficient (Wildman–Crippen LogP) is 4.60. The van der Waals surface area contributed by atoms with Crippen LogP contribution < -0.4 is 4.72 Å². The minimum atomic E-state index is -4.42. The Hall–Kier alpha value is -2.98. The van der Waals surface area contributed by atoms with Gasteiger partial charge in [-0.3, -0.25) is 14.6 Å². The molecule has 10 heteroatoms. The Kier molecular flexibility index (Phi) is 5.91. The summed E-state index contributed by atoms with van der Waals surface area (Å²) in [5, 5.41) is 0. The van der Waals surface area contributed by atoms with E-state index in [2.05, 4.69) is 9.71 Å². The molecular formula is C22H19F4N3O2S. The topological polar surface area (TPSA) is 62.3 Å². The molecule has 168 valence electrons. The Morgan fingerprint density at radius 3 is 2.41 bits per heavy atom. The van der Waals surface area contributed by atoms with E-state index in [1.165, 1.54) is 36.4 Å². The van der Waals surface area contributed by atoms with Gasteiger partial charge in [0.05, 0.1) is 16.2 Å². The van der Waals surface area contributed by atoms with Gasteiger partial charge in [0.15, 0.2) is 0 Å². The minimum Gasteiger partial charge on any atom is -0.293 e. The van der Waals surface area contributed by atoms with Gasteiger partial charge in [-0.05, 0) is 66.1 Å². The molecule has 0 saturated heterocycles. The number of anilines is 1. The van der Waals surface area contributed by atoms with E-state index in [1.54, 1.807) is 12.1 Å². The molecule has 0 spiro atoms. The number of sulfonamides is 1. The highest BCUT2D eigenvalue weighted by Crippen LogP contribution is 2.29. The van der Waals surface area contributed by atoms with E-state index < -0.39 is 27.6 Å². The van der Waals surface area contributed by atoms with Crippen LogP contribution in [0.2, 0.25) is 0 Å². The zero-order valence-corrected chi connectivity index (χ0v) is 17.5. The molecule has 2 aromatic carbocycles. The third-order valence-corrected chi connectivity index (χ3v) is 6.59. The lowest BCUT2D eigenvalue weighted by Crippen LogP contribution is -2.30. The number of benzene rings is 2. The average molecular weight is 465 g/mol. The van der Waals surface area contributed by atoms with Gasteiger partial charge in [0.2, 0.25) is 0 Å². The number of pyridine rings is 1. The van der Waals surface area contributed by atoms with Crippen molar-refractivity contribution in [3.8, 4) is 0 Å². The number of nitrogens with zero attached hydrogens (tertiary/aromatic N) is 2. The van der Waals surface area contributed by atoms with Crippen molar-refractivity contribution >= 4 is 15.7 Å². The number of nitrogens with one attached hydrogen (secondary N) is 1. The van der Waals surface area contributed by atoms with Crippen LogP contribution in [0, 0.1) is 5.82 Å². The molecule has 2 heterocycles. The number of aromatic nitrogens is 1. The lowest BCUT2D eigenvalue weighted by atomic mass is 10.00. The van der Waals surface area contributed by atoms with Crippen molar-refractivity contribution in [2.24, 2.45) is 0 Å². The van der Waals surface area contributed by atoms with E-state index in [-0.39, 0.29) is 10.6 Å². The summed E-state index contributed by atoms with van der Waals surface area (Å²) >= 11 is 0. The Bertz CT molecular complexity index is 1210. The number of hydrogen-bond donors (Lipinski definition) is 1. The van der Waals surface area contributed by atoms with Crippen molar-refractivity contribution in [3.05, 3.63) is 89.0 Å². The summed E-state index contributed by atoms with van der Waals surface area (Å²) in [6, 6.07) is 12.3.